The Balaban J connectivity index is 0.00000289. The van der Waals surface area contributed by atoms with Gasteiger partial charge in [0.1, 0.15) is 6.61 Å². The molecular formula is C23H25ClN2O5S. The van der Waals surface area contributed by atoms with E-state index in [-0.39, 0.29) is 24.9 Å². The molecular weight excluding hydrogens is 452 g/mol. The van der Waals surface area contributed by atoms with Gasteiger partial charge >= 0.3 is 0 Å². The van der Waals surface area contributed by atoms with E-state index in [1.807, 2.05) is 24.3 Å². The average molecular weight is 477 g/mol. The van der Waals surface area contributed by atoms with Gasteiger partial charge < -0.3 is 24.2 Å². The van der Waals surface area contributed by atoms with Gasteiger partial charge in [0.2, 0.25) is 5.88 Å². The second-order valence-corrected chi connectivity index (χ2v) is 8.93. The van der Waals surface area contributed by atoms with Gasteiger partial charge in [-0.3, -0.25) is 4.79 Å². The van der Waals surface area contributed by atoms with E-state index in [2.05, 4.69) is 4.98 Å². The van der Waals surface area contributed by atoms with E-state index >= 15 is 0 Å². The number of nitrogens with zero attached hydrogens (tertiary/aromatic N) is 2. The van der Waals surface area contributed by atoms with Gasteiger partial charge in [0.05, 0.1) is 31.2 Å². The zero-order valence-electron chi connectivity index (χ0n) is 18.2. The van der Waals surface area contributed by atoms with Crippen molar-refractivity contribution < 1.29 is 24.1 Å². The minimum atomic E-state index is -0.958. The number of thiophene rings is 1. The highest BCUT2D eigenvalue weighted by atomic mass is 35.5. The van der Waals surface area contributed by atoms with Crippen molar-refractivity contribution in [3.63, 3.8) is 0 Å². The first-order valence-electron chi connectivity index (χ1n) is 9.77. The predicted octanol–water partition coefficient (Wildman–Crippen LogP) is 4.56. The Morgan fingerprint density at radius 1 is 1.12 bits per heavy atom. The summed E-state index contributed by atoms with van der Waals surface area (Å²) in [5, 5.41) is 9.88. The number of hydrogen-bond acceptors (Lipinski definition) is 7. The molecule has 1 aliphatic rings. The number of methoxy groups -OCH3 is 2. The number of hydrogen-bond donors (Lipinski definition) is 1. The Kier molecular flexibility index (Phi) is 6.97. The van der Waals surface area contributed by atoms with E-state index in [1.54, 1.807) is 51.3 Å². The van der Waals surface area contributed by atoms with E-state index in [0.717, 1.165) is 26.6 Å². The third-order valence-electron chi connectivity index (χ3n) is 4.85. The lowest BCUT2D eigenvalue weighted by molar-refractivity contribution is 0.0276. The summed E-state index contributed by atoms with van der Waals surface area (Å²) in [6.45, 7) is 3.96. The SMILES string of the molecule is COc1ccc(-c2cc3c(s2)C(=O)N(c2ccc(OCC(C)(C)O)c(OC)c2)C3)cn1.Cl. The smallest absolute Gasteiger partial charge is 0.269 e. The number of anilines is 1. The van der Waals surface area contributed by atoms with Gasteiger partial charge in [-0.1, -0.05) is 0 Å². The van der Waals surface area contributed by atoms with E-state index in [9.17, 15) is 9.90 Å². The molecule has 0 bridgehead atoms. The molecule has 1 aromatic carbocycles. The summed E-state index contributed by atoms with van der Waals surface area (Å²) in [7, 11) is 3.13. The molecule has 0 saturated carbocycles. The van der Waals surface area contributed by atoms with Crippen LogP contribution in [-0.4, -0.2) is 42.4 Å². The van der Waals surface area contributed by atoms with Crippen molar-refractivity contribution >= 4 is 35.3 Å². The van der Waals surface area contributed by atoms with Crippen LogP contribution in [-0.2, 0) is 6.54 Å². The highest BCUT2D eigenvalue weighted by Crippen LogP contribution is 2.40. The number of carbonyl (C=O) groups is 1. The minimum Gasteiger partial charge on any atom is -0.493 e. The first-order chi connectivity index (χ1) is 14.8. The third-order valence-corrected chi connectivity index (χ3v) is 6.06. The van der Waals surface area contributed by atoms with Crippen molar-refractivity contribution in [3.05, 3.63) is 53.0 Å². The molecule has 0 unspecified atom stereocenters. The quantitative estimate of drug-likeness (QED) is 0.538. The van der Waals surface area contributed by atoms with Crippen LogP contribution in [0.5, 0.6) is 17.4 Å². The van der Waals surface area contributed by atoms with E-state index in [4.69, 9.17) is 14.2 Å². The Hall–Kier alpha value is -2.81. The summed E-state index contributed by atoms with van der Waals surface area (Å²) < 4.78 is 16.2. The number of ether oxygens (including phenoxy) is 3. The van der Waals surface area contributed by atoms with Gasteiger partial charge in [0.25, 0.3) is 5.91 Å². The number of carbonyl (C=O) groups excluding carboxylic acids is 1. The largest absolute Gasteiger partial charge is 0.493 e. The summed E-state index contributed by atoms with van der Waals surface area (Å²) in [4.78, 5) is 20.8. The van der Waals surface area contributed by atoms with Crippen molar-refractivity contribution in [2.75, 3.05) is 25.7 Å². The second-order valence-electron chi connectivity index (χ2n) is 7.88. The van der Waals surface area contributed by atoms with Crippen molar-refractivity contribution in [2.45, 2.75) is 26.0 Å². The first kappa shape index (κ1) is 23.8. The maximum atomic E-state index is 13.1. The monoisotopic (exact) mass is 476 g/mol. The molecule has 1 amide bonds. The number of rotatable bonds is 7. The van der Waals surface area contributed by atoms with Crippen LogP contribution in [0.15, 0.2) is 42.6 Å². The van der Waals surface area contributed by atoms with Crippen LogP contribution in [0.4, 0.5) is 5.69 Å². The Morgan fingerprint density at radius 2 is 1.91 bits per heavy atom. The van der Waals surface area contributed by atoms with Gasteiger partial charge in [0.15, 0.2) is 11.5 Å². The summed E-state index contributed by atoms with van der Waals surface area (Å²) in [6.07, 6.45) is 1.75. The number of benzene rings is 1. The number of aromatic nitrogens is 1. The molecule has 3 heterocycles. The zero-order chi connectivity index (χ0) is 22.2. The fraction of sp³-hybridized carbons (Fsp3) is 0.304. The van der Waals surface area contributed by atoms with E-state index in [0.29, 0.717) is 23.9 Å². The van der Waals surface area contributed by atoms with Gasteiger partial charge in [-0.2, -0.15) is 0 Å². The fourth-order valence-electron chi connectivity index (χ4n) is 3.29. The lowest BCUT2D eigenvalue weighted by Gasteiger charge is -2.21. The Labute approximate surface area is 197 Å². The topological polar surface area (TPSA) is 81.1 Å². The van der Waals surface area contributed by atoms with E-state index < -0.39 is 5.60 Å². The normalized spacial score (nSPS) is 12.9. The van der Waals surface area contributed by atoms with Gasteiger partial charge in [-0.25, -0.2) is 4.98 Å². The predicted molar refractivity (Wildman–Crippen MR) is 127 cm³/mol. The summed E-state index contributed by atoms with van der Waals surface area (Å²) >= 11 is 1.46. The Morgan fingerprint density at radius 3 is 2.50 bits per heavy atom. The maximum absolute atomic E-state index is 13.1. The zero-order valence-corrected chi connectivity index (χ0v) is 19.9. The van der Waals surface area contributed by atoms with Crippen molar-refractivity contribution in [2.24, 2.45) is 0 Å². The molecule has 7 nitrogen and oxygen atoms in total. The number of fused-ring (bicyclic) bond motifs is 1. The summed E-state index contributed by atoms with van der Waals surface area (Å²) in [6, 6.07) is 11.1. The molecule has 4 rings (SSSR count). The second kappa shape index (κ2) is 9.36. The third kappa shape index (κ3) is 4.82. The van der Waals surface area contributed by atoms with Gasteiger partial charge in [-0.15, -0.1) is 23.7 Å². The van der Waals surface area contributed by atoms with E-state index in [1.165, 1.54) is 11.3 Å². The van der Waals surface area contributed by atoms with Crippen LogP contribution in [0, 0.1) is 0 Å². The molecule has 1 aliphatic heterocycles. The standard InChI is InChI=1S/C23H24N2O5S.ClH/c1-23(2,27)13-30-17-7-6-16(10-18(17)28-3)25-12-15-9-19(31-21(15)22(25)26)14-5-8-20(29-4)24-11-14;/h5-11,27H,12-13H2,1-4H3;1H. The highest BCUT2D eigenvalue weighted by molar-refractivity contribution is 7.17. The number of aliphatic hydroxyl groups is 1. The molecule has 1 N–H and O–H groups in total. The molecule has 0 radical (unpaired) electrons. The first-order valence-corrected chi connectivity index (χ1v) is 10.6. The van der Waals surface area contributed by atoms with Gasteiger partial charge in [0, 0.05) is 34.5 Å². The highest BCUT2D eigenvalue weighted by Gasteiger charge is 2.32. The fourth-order valence-corrected chi connectivity index (χ4v) is 4.40. The minimum absolute atomic E-state index is 0. The molecule has 0 saturated heterocycles. The molecule has 2 aromatic heterocycles. The molecule has 9 heteroatoms. The van der Waals surface area contributed by atoms with Crippen molar-refractivity contribution in [1.82, 2.24) is 4.98 Å². The summed E-state index contributed by atoms with van der Waals surface area (Å²) in [5.74, 6) is 1.54. The van der Waals surface area contributed by atoms with Crippen LogP contribution >= 0.6 is 23.7 Å². The van der Waals surface area contributed by atoms with Crippen LogP contribution in [0.3, 0.4) is 0 Å². The van der Waals surface area contributed by atoms with Crippen molar-refractivity contribution in [1.29, 1.82) is 0 Å². The molecule has 0 spiro atoms. The van der Waals surface area contributed by atoms with Crippen LogP contribution in [0.1, 0.15) is 29.1 Å². The van der Waals surface area contributed by atoms with Crippen molar-refractivity contribution in [3.8, 4) is 27.8 Å². The molecule has 0 fully saturated rings. The summed E-state index contributed by atoms with van der Waals surface area (Å²) in [5.41, 5.74) is 1.71. The number of halogens is 1. The molecule has 32 heavy (non-hydrogen) atoms. The van der Waals surface area contributed by atoms with Gasteiger partial charge in [-0.05, 0) is 43.7 Å². The molecule has 170 valence electrons. The Bertz CT molecular complexity index is 1110. The number of pyridine rings is 1. The number of amides is 1. The lowest BCUT2D eigenvalue weighted by atomic mass is 10.2. The lowest BCUT2D eigenvalue weighted by Crippen LogP contribution is -2.28. The van der Waals surface area contributed by atoms with Crippen LogP contribution < -0.4 is 19.1 Å². The molecule has 0 aliphatic carbocycles. The van der Waals surface area contributed by atoms with Crippen LogP contribution in [0.2, 0.25) is 0 Å². The molecule has 0 atom stereocenters. The maximum Gasteiger partial charge on any atom is 0.269 e. The molecule has 3 aromatic rings. The van der Waals surface area contributed by atoms with Crippen LogP contribution in [0.25, 0.3) is 10.4 Å². The average Bonchev–Trinajstić information content (AvgIpc) is 3.31.